The number of nitrogens with one attached hydrogen (secondary N) is 2. The van der Waals surface area contributed by atoms with Gasteiger partial charge in [0.15, 0.2) is 11.6 Å². The minimum Gasteiger partial charge on any atom is -0.390 e. The maximum Gasteiger partial charge on any atom is 0.159 e. The van der Waals surface area contributed by atoms with E-state index in [1.165, 1.54) is 25.3 Å². The molecule has 0 radical (unpaired) electrons. The third-order valence-corrected chi connectivity index (χ3v) is 3.43. The highest BCUT2D eigenvalue weighted by Gasteiger charge is 2.23. The third-order valence-electron chi connectivity index (χ3n) is 3.43. The van der Waals surface area contributed by atoms with Gasteiger partial charge in [-0.3, -0.25) is 0 Å². The zero-order valence-corrected chi connectivity index (χ0v) is 14.0. The lowest BCUT2D eigenvalue weighted by molar-refractivity contribution is 0.111. The standard InChI is InChI=1S/C13H16F2N2O.C3H6.C2H6/c1-8(9-2-3-10(14)11(15)6-9)17-12-4-5-16-7-13(12)18;1-2-3-1;1-2/h2-3,6,12-13,16-18H,1,4-5,7H2;1-3H2;1-2H3. The molecule has 1 aromatic rings. The number of hydrogen-bond acceptors (Lipinski definition) is 3. The van der Waals surface area contributed by atoms with Gasteiger partial charge in [0.25, 0.3) is 0 Å². The summed E-state index contributed by atoms with van der Waals surface area (Å²) in [6.45, 7) is 9.11. The normalized spacial score (nSPS) is 22.0. The fourth-order valence-corrected chi connectivity index (χ4v) is 2.00. The van der Waals surface area contributed by atoms with Gasteiger partial charge >= 0.3 is 0 Å². The van der Waals surface area contributed by atoms with E-state index in [1.54, 1.807) is 0 Å². The van der Waals surface area contributed by atoms with Crippen LogP contribution in [0.15, 0.2) is 24.8 Å². The van der Waals surface area contributed by atoms with Crippen LogP contribution in [0, 0.1) is 11.6 Å². The number of halogens is 2. The molecule has 1 saturated heterocycles. The van der Waals surface area contributed by atoms with E-state index in [-0.39, 0.29) is 6.04 Å². The topological polar surface area (TPSA) is 44.3 Å². The van der Waals surface area contributed by atoms with Gasteiger partial charge in [0.05, 0.1) is 12.1 Å². The molecule has 0 bridgehead atoms. The van der Waals surface area contributed by atoms with E-state index in [0.717, 1.165) is 25.1 Å². The first kappa shape index (κ1) is 19.6. The molecule has 2 atom stereocenters. The molecular weight excluding hydrogens is 298 g/mol. The van der Waals surface area contributed by atoms with Crippen LogP contribution in [-0.4, -0.2) is 30.3 Å². The van der Waals surface area contributed by atoms with Gasteiger partial charge in [0, 0.05) is 17.8 Å². The SMILES string of the molecule is C1CC1.C=C(NC1CCNCC1O)c1ccc(F)c(F)c1.CC. The van der Waals surface area contributed by atoms with Crippen molar-refractivity contribution in [1.82, 2.24) is 10.6 Å². The van der Waals surface area contributed by atoms with Crippen molar-refractivity contribution in [2.24, 2.45) is 0 Å². The Kier molecular flexibility index (Phi) is 8.81. The molecule has 0 spiro atoms. The number of aliphatic hydroxyl groups excluding tert-OH is 1. The van der Waals surface area contributed by atoms with Crippen molar-refractivity contribution in [3.05, 3.63) is 42.0 Å². The van der Waals surface area contributed by atoms with E-state index in [4.69, 9.17) is 0 Å². The van der Waals surface area contributed by atoms with Gasteiger partial charge in [0.2, 0.25) is 0 Å². The summed E-state index contributed by atoms with van der Waals surface area (Å²) in [7, 11) is 0. The van der Waals surface area contributed by atoms with E-state index in [1.807, 2.05) is 13.8 Å². The molecule has 130 valence electrons. The monoisotopic (exact) mass is 326 g/mol. The molecule has 5 heteroatoms. The Morgan fingerprint density at radius 1 is 1.22 bits per heavy atom. The van der Waals surface area contributed by atoms with E-state index in [2.05, 4.69) is 17.2 Å². The maximum atomic E-state index is 13.1. The van der Waals surface area contributed by atoms with Crippen LogP contribution in [0.3, 0.4) is 0 Å². The van der Waals surface area contributed by atoms with Crippen LogP contribution >= 0.6 is 0 Å². The second kappa shape index (κ2) is 10.3. The first-order chi connectivity index (χ1) is 11.1. The molecule has 2 fully saturated rings. The van der Waals surface area contributed by atoms with Gasteiger partial charge in [-0.2, -0.15) is 0 Å². The molecule has 1 aromatic carbocycles. The minimum atomic E-state index is -0.902. The molecular formula is C18H28F2N2O. The zero-order chi connectivity index (χ0) is 17.2. The van der Waals surface area contributed by atoms with Gasteiger partial charge < -0.3 is 15.7 Å². The van der Waals surface area contributed by atoms with Crippen molar-refractivity contribution in [3.8, 4) is 0 Å². The summed E-state index contributed by atoms with van der Waals surface area (Å²) in [6.07, 6.45) is 4.74. The molecule has 1 aliphatic heterocycles. The zero-order valence-electron chi connectivity index (χ0n) is 14.0. The average Bonchev–Trinajstić information content (AvgIpc) is 3.43. The second-order valence-corrected chi connectivity index (χ2v) is 5.48. The predicted octanol–water partition coefficient (Wildman–Crippen LogP) is 3.44. The Balaban J connectivity index is 0.000000460. The van der Waals surface area contributed by atoms with E-state index >= 15 is 0 Å². The first-order valence-corrected chi connectivity index (χ1v) is 8.37. The van der Waals surface area contributed by atoms with Crippen LogP contribution in [0.2, 0.25) is 0 Å². The van der Waals surface area contributed by atoms with Crippen LogP contribution in [0.1, 0.15) is 45.1 Å². The maximum absolute atomic E-state index is 13.1. The lowest BCUT2D eigenvalue weighted by atomic mass is 10.0. The highest BCUT2D eigenvalue weighted by atomic mass is 19.2. The Labute approximate surface area is 137 Å². The van der Waals surface area contributed by atoms with Crippen LogP contribution in [0.4, 0.5) is 8.78 Å². The Bertz CT molecular complexity index is 489. The summed E-state index contributed by atoms with van der Waals surface area (Å²) >= 11 is 0. The Morgan fingerprint density at radius 2 is 1.87 bits per heavy atom. The molecule has 2 aliphatic rings. The summed E-state index contributed by atoms with van der Waals surface area (Å²) < 4.78 is 25.9. The van der Waals surface area contributed by atoms with Gasteiger partial charge in [-0.05, 0) is 31.2 Å². The lowest BCUT2D eigenvalue weighted by Crippen LogP contribution is -2.50. The van der Waals surface area contributed by atoms with Crippen molar-refractivity contribution < 1.29 is 13.9 Å². The number of benzene rings is 1. The van der Waals surface area contributed by atoms with Crippen molar-refractivity contribution in [2.45, 2.75) is 51.7 Å². The number of piperidine rings is 1. The largest absolute Gasteiger partial charge is 0.390 e. The van der Waals surface area contributed by atoms with Crippen LogP contribution < -0.4 is 10.6 Å². The van der Waals surface area contributed by atoms with Crippen LogP contribution in [-0.2, 0) is 0 Å². The van der Waals surface area contributed by atoms with Crippen molar-refractivity contribution in [3.63, 3.8) is 0 Å². The fraction of sp³-hybridized carbons (Fsp3) is 0.556. The summed E-state index contributed by atoms with van der Waals surface area (Å²) in [4.78, 5) is 0. The smallest absolute Gasteiger partial charge is 0.159 e. The van der Waals surface area contributed by atoms with Gasteiger partial charge in [0.1, 0.15) is 0 Å². The summed E-state index contributed by atoms with van der Waals surface area (Å²) in [5, 5.41) is 15.9. The van der Waals surface area contributed by atoms with Crippen molar-refractivity contribution in [2.75, 3.05) is 13.1 Å². The predicted molar refractivity (Wildman–Crippen MR) is 91.0 cm³/mol. The van der Waals surface area contributed by atoms with Gasteiger partial charge in [-0.1, -0.05) is 39.7 Å². The Morgan fingerprint density at radius 3 is 2.39 bits per heavy atom. The molecule has 1 heterocycles. The number of aliphatic hydroxyl groups is 1. The molecule has 1 saturated carbocycles. The van der Waals surface area contributed by atoms with E-state index in [9.17, 15) is 13.9 Å². The Hall–Kier alpha value is -1.46. The van der Waals surface area contributed by atoms with Crippen LogP contribution in [0.25, 0.3) is 5.70 Å². The van der Waals surface area contributed by atoms with Gasteiger partial charge in [-0.25, -0.2) is 8.78 Å². The fourth-order valence-electron chi connectivity index (χ4n) is 2.00. The average molecular weight is 326 g/mol. The number of β-amino-alcohol motifs (C(OH)–C–C–N with tert-alkyl or cyclic N) is 1. The minimum absolute atomic E-state index is 0.119. The van der Waals surface area contributed by atoms with E-state index < -0.39 is 17.7 Å². The van der Waals surface area contributed by atoms with Gasteiger partial charge in [-0.15, -0.1) is 0 Å². The summed E-state index contributed by atoms with van der Waals surface area (Å²) in [5.41, 5.74) is 0.972. The molecule has 3 nitrogen and oxygen atoms in total. The van der Waals surface area contributed by atoms with E-state index in [0.29, 0.717) is 17.8 Å². The summed E-state index contributed by atoms with van der Waals surface area (Å²) in [6, 6.07) is 3.50. The third kappa shape index (κ3) is 7.10. The summed E-state index contributed by atoms with van der Waals surface area (Å²) in [5.74, 6) is -1.78. The first-order valence-electron chi connectivity index (χ1n) is 8.37. The number of hydrogen-bond donors (Lipinski definition) is 3. The van der Waals surface area contributed by atoms with Crippen molar-refractivity contribution >= 4 is 5.70 Å². The van der Waals surface area contributed by atoms with Crippen molar-refractivity contribution in [1.29, 1.82) is 0 Å². The highest BCUT2D eigenvalue weighted by Crippen LogP contribution is 2.16. The highest BCUT2D eigenvalue weighted by molar-refractivity contribution is 5.61. The molecule has 1 aliphatic carbocycles. The number of rotatable bonds is 3. The molecule has 3 N–H and O–H groups in total. The molecule has 2 unspecified atom stereocenters. The lowest BCUT2D eigenvalue weighted by Gasteiger charge is -2.30. The molecule has 3 rings (SSSR count). The second-order valence-electron chi connectivity index (χ2n) is 5.48. The quantitative estimate of drug-likeness (QED) is 0.797. The van der Waals surface area contributed by atoms with Crippen LogP contribution in [0.5, 0.6) is 0 Å². The molecule has 0 amide bonds. The molecule has 23 heavy (non-hydrogen) atoms. The molecule has 0 aromatic heterocycles.